The predicted octanol–water partition coefficient (Wildman–Crippen LogP) is 4.30. The summed E-state index contributed by atoms with van der Waals surface area (Å²) in [7, 11) is -7.48. The highest BCUT2D eigenvalue weighted by molar-refractivity contribution is 7.89. The minimum absolute atomic E-state index is 0.0895. The molecular formula is C24H36N2O4S2. The lowest BCUT2D eigenvalue weighted by molar-refractivity contribution is 0.307. The van der Waals surface area contributed by atoms with Crippen LogP contribution in [-0.4, -0.2) is 51.6 Å². The SMILES string of the molecule is Cc1ccc(S(=O)(=O)N(CCN(CC(C)C)S(=O)(=O)c2ccc(C)cc2)CC(C)C)cc1. The van der Waals surface area contributed by atoms with E-state index in [1.54, 1.807) is 48.5 Å². The maximum Gasteiger partial charge on any atom is 0.243 e. The topological polar surface area (TPSA) is 74.8 Å². The van der Waals surface area contributed by atoms with Crippen LogP contribution in [0.15, 0.2) is 58.3 Å². The molecule has 32 heavy (non-hydrogen) atoms. The zero-order chi connectivity index (χ0) is 24.1. The number of rotatable bonds is 11. The van der Waals surface area contributed by atoms with E-state index >= 15 is 0 Å². The van der Waals surface area contributed by atoms with Gasteiger partial charge in [-0.1, -0.05) is 63.1 Å². The molecule has 0 atom stereocenters. The van der Waals surface area contributed by atoms with Crippen molar-refractivity contribution in [1.82, 2.24) is 8.61 Å². The van der Waals surface area contributed by atoms with Crippen molar-refractivity contribution in [2.75, 3.05) is 26.2 Å². The number of hydrogen-bond acceptors (Lipinski definition) is 4. The summed E-state index contributed by atoms with van der Waals surface area (Å²) >= 11 is 0. The molecule has 2 aromatic rings. The molecule has 8 heteroatoms. The van der Waals surface area contributed by atoms with Crippen molar-refractivity contribution in [1.29, 1.82) is 0 Å². The molecule has 0 N–H and O–H groups in total. The van der Waals surface area contributed by atoms with Gasteiger partial charge in [-0.15, -0.1) is 0 Å². The first-order valence-electron chi connectivity index (χ1n) is 11.0. The molecule has 0 spiro atoms. The van der Waals surface area contributed by atoms with Crippen molar-refractivity contribution in [2.24, 2.45) is 11.8 Å². The van der Waals surface area contributed by atoms with Crippen LogP contribution in [0, 0.1) is 25.7 Å². The van der Waals surface area contributed by atoms with Gasteiger partial charge in [-0.25, -0.2) is 16.8 Å². The molecule has 0 radical (unpaired) electrons. The van der Waals surface area contributed by atoms with Crippen molar-refractivity contribution in [2.45, 2.75) is 51.3 Å². The number of aryl methyl sites for hydroxylation is 2. The van der Waals surface area contributed by atoms with Crippen LogP contribution in [-0.2, 0) is 20.0 Å². The van der Waals surface area contributed by atoms with Crippen LogP contribution >= 0.6 is 0 Å². The maximum absolute atomic E-state index is 13.3. The fourth-order valence-electron chi connectivity index (χ4n) is 3.38. The number of benzene rings is 2. The van der Waals surface area contributed by atoms with Gasteiger partial charge in [0.15, 0.2) is 0 Å². The number of nitrogens with zero attached hydrogens (tertiary/aromatic N) is 2. The van der Waals surface area contributed by atoms with Crippen molar-refractivity contribution in [3.63, 3.8) is 0 Å². The minimum Gasteiger partial charge on any atom is -0.207 e. The molecule has 2 rings (SSSR count). The first-order valence-corrected chi connectivity index (χ1v) is 13.9. The van der Waals surface area contributed by atoms with Gasteiger partial charge in [-0.05, 0) is 49.9 Å². The lowest BCUT2D eigenvalue weighted by Gasteiger charge is -2.29. The highest BCUT2D eigenvalue weighted by Crippen LogP contribution is 2.21. The Kier molecular flexibility index (Phi) is 9.05. The summed E-state index contributed by atoms with van der Waals surface area (Å²) in [6.45, 7) is 12.4. The Hall–Kier alpha value is -1.74. The molecule has 0 aliphatic carbocycles. The Labute approximate surface area is 194 Å². The third-order valence-electron chi connectivity index (χ3n) is 5.05. The summed E-state index contributed by atoms with van der Waals surface area (Å²) in [5.74, 6) is 0.199. The monoisotopic (exact) mass is 480 g/mol. The molecule has 0 amide bonds. The second-order valence-electron chi connectivity index (χ2n) is 9.14. The van der Waals surface area contributed by atoms with Gasteiger partial charge < -0.3 is 0 Å². The second-order valence-corrected chi connectivity index (χ2v) is 13.0. The molecule has 0 bridgehead atoms. The Bertz CT molecular complexity index is 986. The van der Waals surface area contributed by atoms with Gasteiger partial charge in [0.25, 0.3) is 0 Å². The van der Waals surface area contributed by atoms with Crippen LogP contribution in [0.1, 0.15) is 38.8 Å². The van der Waals surface area contributed by atoms with Crippen molar-refractivity contribution < 1.29 is 16.8 Å². The molecule has 0 fully saturated rings. The lowest BCUT2D eigenvalue weighted by Crippen LogP contribution is -2.43. The van der Waals surface area contributed by atoms with Gasteiger partial charge >= 0.3 is 0 Å². The summed E-state index contributed by atoms with van der Waals surface area (Å²) in [5, 5.41) is 0. The van der Waals surface area contributed by atoms with E-state index in [1.165, 1.54) is 8.61 Å². The van der Waals surface area contributed by atoms with E-state index in [-0.39, 0.29) is 34.7 Å². The molecule has 178 valence electrons. The number of hydrogen-bond donors (Lipinski definition) is 0. The first kappa shape index (κ1) is 26.5. The largest absolute Gasteiger partial charge is 0.243 e. The van der Waals surface area contributed by atoms with Crippen molar-refractivity contribution in [3.05, 3.63) is 59.7 Å². The number of sulfonamides is 2. The van der Waals surface area contributed by atoms with E-state index in [0.717, 1.165) is 11.1 Å². The van der Waals surface area contributed by atoms with Crippen LogP contribution in [0.5, 0.6) is 0 Å². The zero-order valence-corrected chi connectivity index (χ0v) is 21.6. The van der Waals surface area contributed by atoms with Gasteiger partial charge in [0.1, 0.15) is 0 Å². The van der Waals surface area contributed by atoms with Gasteiger partial charge in [0.2, 0.25) is 20.0 Å². The van der Waals surface area contributed by atoms with Crippen LogP contribution in [0.25, 0.3) is 0 Å². The third-order valence-corrected chi connectivity index (χ3v) is 8.81. The summed E-state index contributed by atoms with van der Waals surface area (Å²) in [6, 6.07) is 13.5. The maximum atomic E-state index is 13.3. The second kappa shape index (κ2) is 10.9. The van der Waals surface area contributed by atoms with Gasteiger partial charge in [0.05, 0.1) is 9.79 Å². The summed E-state index contributed by atoms with van der Waals surface area (Å²) in [5.41, 5.74) is 1.96. The van der Waals surface area contributed by atoms with Crippen molar-refractivity contribution >= 4 is 20.0 Å². The smallest absolute Gasteiger partial charge is 0.207 e. The van der Waals surface area contributed by atoms with Crippen molar-refractivity contribution in [3.8, 4) is 0 Å². The van der Waals surface area contributed by atoms with E-state index < -0.39 is 20.0 Å². The van der Waals surface area contributed by atoms with Gasteiger partial charge in [-0.2, -0.15) is 8.61 Å². The zero-order valence-electron chi connectivity index (χ0n) is 19.9. The molecule has 0 aliphatic heterocycles. The Morgan fingerprint density at radius 3 is 1.12 bits per heavy atom. The molecule has 2 aromatic carbocycles. The van der Waals surface area contributed by atoms with Crippen LogP contribution in [0.3, 0.4) is 0 Å². The van der Waals surface area contributed by atoms with E-state index in [0.29, 0.717) is 13.1 Å². The van der Waals surface area contributed by atoms with Crippen LogP contribution < -0.4 is 0 Å². The standard InChI is InChI=1S/C24H36N2O4S2/c1-19(2)17-25(31(27,28)23-11-7-21(5)8-12-23)15-16-26(18-20(3)4)32(29,30)24-13-9-22(6)10-14-24/h7-14,19-20H,15-18H2,1-6H3. The van der Waals surface area contributed by atoms with E-state index in [1.807, 2.05) is 41.5 Å². The van der Waals surface area contributed by atoms with Gasteiger partial charge in [0, 0.05) is 26.2 Å². The molecular weight excluding hydrogens is 444 g/mol. The predicted molar refractivity (Wildman–Crippen MR) is 130 cm³/mol. The summed E-state index contributed by atoms with van der Waals surface area (Å²) in [6.07, 6.45) is 0. The fourth-order valence-corrected chi connectivity index (χ4v) is 6.56. The van der Waals surface area contributed by atoms with Crippen LogP contribution in [0.2, 0.25) is 0 Å². The van der Waals surface area contributed by atoms with E-state index in [4.69, 9.17) is 0 Å². The van der Waals surface area contributed by atoms with Gasteiger partial charge in [-0.3, -0.25) is 0 Å². The summed E-state index contributed by atoms with van der Waals surface area (Å²) in [4.78, 5) is 0.445. The fraction of sp³-hybridized carbons (Fsp3) is 0.500. The lowest BCUT2D eigenvalue weighted by atomic mass is 10.2. The molecule has 0 aliphatic rings. The Morgan fingerprint density at radius 2 is 0.875 bits per heavy atom. The molecule has 0 unspecified atom stereocenters. The average molecular weight is 481 g/mol. The highest BCUT2D eigenvalue weighted by atomic mass is 32.2. The average Bonchev–Trinajstić information content (AvgIpc) is 2.70. The molecule has 0 saturated heterocycles. The normalized spacial score (nSPS) is 12.9. The van der Waals surface area contributed by atoms with E-state index in [2.05, 4.69) is 0 Å². The van der Waals surface area contributed by atoms with E-state index in [9.17, 15) is 16.8 Å². The molecule has 0 aromatic heterocycles. The minimum atomic E-state index is -3.74. The van der Waals surface area contributed by atoms with Crippen LogP contribution in [0.4, 0.5) is 0 Å². The highest BCUT2D eigenvalue weighted by Gasteiger charge is 2.29. The quantitative estimate of drug-likeness (QED) is 0.481. The Balaban J connectivity index is 2.34. The summed E-state index contributed by atoms with van der Waals surface area (Å²) < 4.78 is 56.1. The third kappa shape index (κ3) is 6.88. The molecule has 0 heterocycles. The molecule has 6 nitrogen and oxygen atoms in total. The molecule has 0 saturated carbocycles. The Morgan fingerprint density at radius 1 is 0.594 bits per heavy atom. The first-order chi connectivity index (χ1) is 14.8.